The van der Waals surface area contributed by atoms with Crippen LogP contribution < -0.4 is 16.6 Å². The number of hydrogen-bond donors (Lipinski definition) is 1. The van der Waals surface area contributed by atoms with Gasteiger partial charge in [0.2, 0.25) is 11.7 Å². The number of rotatable bonds is 2. The number of furan rings is 1. The molecule has 3 heterocycles. The van der Waals surface area contributed by atoms with Gasteiger partial charge in [0.1, 0.15) is 11.5 Å². The molecule has 24 heavy (non-hydrogen) atoms. The van der Waals surface area contributed by atoms with Crippen molar-refractivity contribution >= 4 is 23.0 Å². The topological polar surface area (TPSA) is 112 Å². The summed E-state index contributed by atoms with van der Waals surface area (Å²) in [7, 11) is 2.74. The fourth-order valence-electron chi connectivity index (χ4n) is 2.36. The van der Waals surface area contributed by atoms with E-state index in [0.717, 1.165) is 20.6 Å². The van der Waals surface area contributed by atoms with Crippen molar-refractivity contribution in [2.45, 2.75) is 13.8 Å². The Morgan fingerprint density at radius 1 is 1.12 bits per heavy atom. The average Bonchev–Trinajstić information content (AvgIpc) is 2.89. The molecular formula is C15H15N5O4. The molecule has 0 fully saturated rings. The van der Waals surface area contributed by atoms with Crippen LogP contribution in [0.3, 0.4) is 0 Å². The second-order valence-electron chi connectivity index (χ2n) is 5.43. The van der Waals surface area contributed by atoms with Crippen LogP contribution in [0.4, 0.5) is 5.95 Å². The number of amides is 1. The van der Waals surface area contributed by atoms with Gasteiger partial charge in [-0.25, -0.2) is 9.78 Å². The van der Waals surface area contributed by atoms with Crippen molar-refractivity contribution in [1.29, 1.82) is 0 Å². The summed E-state index contributed by atoms with van der Waals surface area (Å²) in [6.07, 6.45) is 0. The number of carbonyl (C=O) groups is 1. The van der Waals surface area contributed by atoms with Crippen LogP contribution in [0, 0.1) is 13.8 Å². The third-order valence-corrected chi connectivity index (χ3v) is 3.69. The Balaban J connectivity index is 2.02. The van der Waals surface area contributed by atoms with Crippen molar-refractivity contribution in [3.63, 3.8) is 0 Å². The second-order valence-corrected chi connectivity index (χ2v) is 5.43. The summed E-state index contributed by atoms with van der Waals surface area (Å²) >= 11 is 0. The number of aryl methyl sites for hydroxylation is 2. The number of anilines is 1. The molecule has 0 unspecified atom stereocenters. The monoisotopic (exact) mass is 329 g/mol. The Hall–Kier alpha value is -3.23. The molecule has 0 aliphatic heterocycles. The van der Waals surface area contributed by atoms with E-state index in [-0.39, 0.29) is 11.6 Å². The van der Waals surface area contributed by atoms with Crippen LogP contribution in [0.15, 0.2) is 26.1 Å². The maximum Gasteiger partial charge on any atom is 0.331 e. The van der Waals surface area contributed by atoms with Crippen molar-refractivity contribution < 1.29 is 9.21 Å². The zero-order chi connectivity index (χ0) is 17.6. The number of nitrogens with one attached hydrogen (secondary N) is 1. The first-order valence-corrected chi connectivity index (χ1v) is 7.11. The molecule has 0 aliphatic rings. The fraction of sp³-hybridized carbons (Fsp3) is 0.267. The molecule has 9 nitrogen and oxygen atoms in total. The Kier molecular flexibility index (Phi) is 3.55. The van der Waals surface area contributed by atoms with Gasteiger partial charge in [0.15, 0.2) is 0 Å². The molecule has 9 heteroatoms. The molecule has 0 aromatic carbocycles. The second kappa shape index (κ2) is 5.44. The number of hydrogen-bond acceptors (Lipinski definition) is 6. The highest BCUT2D eigenvalue weighted by molar-refractivity contribution is 6.02. The van der Waals surface area contributed by atoms with Crippen LogP contribution in [-0.2, 0) is 14.1 Å². The van der Waals surface area contributed by atoms with Gasteiger partial charge < -0.3 is 4.42 Å². The summed E-state index contributed by atoms with van der Waals surface area (Å²) in [6.45, 7) is 3.55. The maximum absolute atomic E-state index is 12.4. The SMILES string of the molecule is Cc1cc2c(C)nc(NC(=O)c3cc(=O)n(C)c(=O)n3C)nc2o1. The van der Waals surface area contributed by atoms with E-state index in [9.17, 15) is 14.4 Å². The fourth-order valence-corrected chi connectivity index (χ4v) is 2.36. The van der Waals surface area contributed by atoms with E-state index in [1.165, 1.54) is 14.1 Å². The molecule has 0 saturated carbocycles. The summed E-state index contributed by atoms with van der Waals surface area (Å²) in [5.41, 5.74) is -0.252. The number of nitrogens with zero attached hydrogens (tertiary/aromatic N) is 4. The predicted molar refractivity (Wildman–Crippen MR) is 86.2 cm³/mol. The molecule has 0 saturated heterocycles. The summed E-state index contributed by atoms with van der Waals surface area (Å²) < 4.78 is 7.44. The van der Waals surface area contributed by atoms with Crippen molar-refractivity contribution in [2.75, 3.05) is 5.32 Å². The highest BCUT2D eigenvalue weighted by Crippen LogP contribution is 2.21. The zero-order valence-electron chi connectivity index (χ0n) is 13.6. The molecule has 1 amide bonds. The minimum absolute atomic E-state index is 0.0347. The van der Waals surface area contributed by atoms with E-state index < -0.39 is 17.2 Å². The van der Waals surface area contributed by atoms with Crippen molar-refractivity contribution in [1.82, 2.24) is 19.1 Å². The first kappa shape index (κ1) is 15.7. The molecular weight excluding hydrogens is 314 g/mol. The molecule has 3 rings (SSSR count). The van der Waals surface area contributed by atoms with Gasteiger partial charge in [-0.05, 0) is 19.9 Å². The lowest BCUT2D eigenvalue weighted by Gasteiger charge is -2.09. The first-order valence-electron chi connectivity index (χ1n) is 7.11. The van der Waals surface area contributed by atoms with Gasteiger partial charge in [0.05, 0.1) is 11.1 Å². The van der Waals surface area contributed by atoms with E-state index >= 15 is 0 Å². The largest absolute Gasteiger partial charge is 0.443 e. The zero-order valence-corrected chi connectivity index (χ0v) is 13.6. The Labute approximate surface area is 135 Å². The first-order chi connectivity index (χ1) is 11.3. The van der Waals surface area contributed by atoms with Crippen LogP contribution in [0.1, 0.15) is 21.9 Å². The number of fused-ring (bicyclic) bond motifs is 1. The smallest absolute Gasteiger partial charge is 0.331 e. The van der Waals surface area contributed by atoms with E-state index in [1.807, 2.05) is 0 Å². The van der Waals surface area contributed by atoms with Gasteiger partial charge in [0, 0.05) is 20.2 Å². The lowest BCUT2D eigenvalue weighted by atomic mass is 10.3. The summed E-state index contributed by atoms with van der Waals surface area (Å²) in [5.74, 6) is 0.0571. The highest BCUT2D eigenvalue weighted by Gasteiger charge is 2.16. The van der Waals surface area contributed by atoms with Crippen molar-refractivity contribution in [3.8, 4) is 0 Å². The molecule has 1 N–H and O–H groups in total. The standard InChI is InChI=1S/C15H15N5O4/c1-7-5-9-8(2)16-14(18-13(9)24-7)17-12(22)10-6-11(21)20(4)15(23)19(10)3/h5-6H,1-4H3,(H,16,17,18,22). The summed E-state index contributed by atoms with van der Waals surface area (Å²) in [6, 6.07) is 2.89. The van der Waals surface area contributed by atoms with Crippen LogP contribution >= 0.6 is 0 Å². The van der Waals surface area contributed by atoms with Gasteiger partial charge in [-0.1, -0.05) is 0 Å². The Morgan fingerprint density at radius 2 is 1.83 bits per heavy atom. The molecule has 0 spiro atoms. The quantitative estimate of drug-likeness (QED) is 0.732. The highest BCUT2D eigenvalue weighted by atomic mass is 16.3. The van der Waals surface area contributed by atoms with Gasteiger partial charge in [-0.15, -0.1) is 0 Å². The predicted octanol–water partition coefficient (Wildman–Crippen LogP) is 0.489. The van der Waals surface area contributed by atoms with Crippen molar-refractivity contribution in [2.24, 2.45) is 14.1 Å². The number of aromatic nitrogens is 4. The normalized spacial score (nSPS) is 11.0. The summed E-state index contributed by atoms with van der Waals surface area (Å²) in [5, 5.41) is 3.24. The molecule has 3 aromatic rings. The Bertz CT molecular complexity index is 1090. The molecule has 124 valence electrons. The molecule has 0 bridgehead atoms. The summed E-state index contributed by atoms with van der Waals surface area (Å²) in [4.78, 5) is 44.3. The molecule has 0 atom stereocenters. The Morgan fingerprint density at radius 3 is 2.54 bits per heavy atom. The van der Waals surface area contributed by atoms with Crippen molar-refractivity contribution in [3.05, 3.63) is 50.1 Å². The molecule has 0 aliphatic carbocycles. The average molecular weight is 329 g/mol. The van der Waals surface area contributed by atoms with Crippen LogP contribution in [0.2, 0.25) is 0 Å². The van der Waals surface area contributed by atoms with Crippen LogP contribution in [0.25, 0.3) is 11.1 Å². The third kappa shape index (κ3) is 2.49. The minimum Gasteiger partial charge on any atom is -0.443 e. The number of carbonyl (C=O) groups excluding carboxylic acids is 1. The van der Waals surface area contributed by atoms with E-state index in [4.69, 9.17) is 4.42 Å². The minimum atomic E-state index is -0.658. The van der Waals surface area contributed by atoms with E-state index in [0.29, 0.717) is 17.2 Å². The van der Waals surface area contributed by atoms with Gasteiger partial charge in [-0.3, -0.25) is 24.0 Å². The third-order valence-electron chi connectivity index (χ3n) is 3.69. The van der Waals surface area contributed by atoms with Gasteiger partial charge in [0.25, 0.3) is 11.5 Å². The van der Waals surface area contributed by atoms with E-state index in [1.54, 1.807) is 19.9 Å². The van der Waals surface area contributed by atoms with Gasteiger partial charge in [-0.2, -0.15) is 4.98 Å². The van der Waals surface area contributed by atoms with E-state index in [2.05, 4.69) is 15.3 Å². The van der Waals surface area contributed by atoms with Crippen LogP contribution in [0.5, 0.6) is 0 Å². The maximum atomic E-state index is 12.4. The van der Waals surface area contributed by atoms with Gasteiger partial charge >= 0.3 is 5.69 Å². The molecule has 0 radical (unpaired) electrons. The lowest BCUT2D eigenvalue weighted by molar-refractivity contribution is 0.101. The van der Waals surface area contributed by atoms with Crippen LogP contribution in [-0.4, -0.2) is 25.0 Å². The lowest BCUT2D eigenvalue weighted by Crippen LogP contribution is -2.40. The molecule has 3 aromatic heterocycles.